The smallest absolute Gasteiger partial charge is 1.00 e. The van der Waals surface area contributed by atoms with E-state index in [9.17, 15) is 0 Å². The second kappa shape index (κ2) is 25.0. The van der Waals surface area contributed by atoms with Crippen LogP contribution in [0.4, 0.5) is 5.82 Å². The van der Waals surface area contributed by atoms with Gasteiger partial charge in [0, 0.05) is 47.5 Å². The van der Waals surface area contributed by atoms with Gasteiger partial charge in [-0.05, 0) is 96.2 Å². The van der Waals surface area contributed by atoms with Gasteiger partial charge >= 0.3 is 103 Å². The van der Waals surface area contributed by atoms with Crippen LogP contribution in [0.15, 0.2) is 45.6 Å². The maximum Gasteiger partial charge on any atom is 1.00 e. The zero-order chi connectivity index (χ0) is 24.5. The second-order valence-electron chi connectivity index (χ2n) is 7.48. The predicted molar refractivity (Wildman–Crippen MR) is 138 cm³/mol. The van der Waals surface area contributed by atoms with Crippen molar-refractivity contribution in [2.75, 3.05) is 58.3 Å². The number of aromatic nitrogens is 2. The topological polar surface area (TPSA) is 84.9 Å². The van der Waals surface area contributed by atoms with Gasteiger partial charge in [-0.15, -0.1) is 0 Å². The summed E-state index contributed by atoms with van der Waals surface area (Å²) in [6.45, 7) is 6.85. The molecule has 0 spiro atoms. The fraction of sp³-hybridized carbons (Fsp3) is 0.500. The molecule has 0 N–H and O–H groups in total. The number of halogens is 3. The van der Waals surface area contributed by atoms with Gasteiger partial charge in [0.2, 0.25) is 0 Å². The van der Waals surface area contributed by atoms with Crippen LogP contribution in [0.1, 0.15) is 20.7 Å². The average Bonchev–Trinajstić information content (AvgIpc) is 2.84. The molecule has 186 valence electrons. The first-order valence-corrected chi connectivity index (χ1v) is 12.5. The van der Waals surface area contributed by atoms with Gasteiger partial charge in [-0.3, -0.25) is 4.79 Å². The number of carbonyl (C=O) groups excluding carboxylic acids is 1. The molecule has 0 radical (unpaired) electrons. The number of likely N-dealkylation sites (tertiary alicyclic amines) is 1. The molecular formula is C22H32Br2ClK2N5O3. The minimum Gasteiger partial charge on any atom is -1.00 e. The Morgan fingerprint density at radius 2 is 1.37 bits per heavy atom. The molecule has 2 aromatic rings. The van der Waals surface area contributed by atoms with Crippen LogP contribution < -0.4 is 113 Å². The van der Waals surface area contributed by atoms with E-state index in [0.29, 0.717) is 5.15 Å². The Labute approximate surface area is 317 Å². The van der Waals surface area contributed by atoms with Crippen molar-refractivity contribution < 1.29 is 119 Å². The van der Waals surface area contributed by atoms with E-state index in [-0.39, 0.29) is 111 Å². The first-order chi connectivity index (χ1) is 15.8. The van der Waals surface area contributed by atoms with Crippen LogP contribution in [-0.2, 0) is 9.68 Å². The number of rotatable bonds is 2. The molecule has 0 aromatic carbocycles. The Hall–Kier alpha value is 1.97. The van der Waals surface area contributed by atoms with Gasteiger partial charge in [0.1, 0.15) is 11.0 Å². The third kappa shape index (κ3) is 20.5. The summed E-state index contributed by atoms with van der Waals surface area (Å²) in [5.74, 6) is 1.08. The van der Waals surface area contributed by atoms with Crippen LogP contribution in [-0.4, -0.2) is 79.6 Å². The van der Waals surface area contributed by atoms with Gasteiger partial charge in [0.25, 0.3) is 6.47 Å². The largest absolute Gasteiger partial charge is 1.00 e. The minimum absolute atomic E-state index is 0. The second-order valence-corrected chi connectivity index (χ2v) is 9.70. The summed E-state index contributed by atoms with van der Waals surface area (Å²) in [7, 11) is 4.35. The van der Waals surface area contributed by atoms with Gasteiger partial charge in [-0.25, -0.2) is 9.97 Å². The molecule has 0 aliphatic carbocycles. The van der Waals surface area contributed by atoms with Gasteiger partial charge in [-0.2, -0.15) is 0 Å². The molecular weight excluding hydrogens is 656 g/mol. The van der Waals surface area contributed by atoms with Crippen molar-refractivity contribution in [1.29, 1.82) is 0 Å². The van der Waals surface area contributed by atoms with Crippen LogP contribution in [0.25, 0.3) is 0 Å². The molecule has 2 aliphatic heterocycles. The molecule has 0 bridgehead atoms. The fourth-order valence-corrected chi connectivity index (χ4v) is 3.58. The number of nitrogens with zero attached hydrogens (tertiary/aromatic N) is 5. The van der Waals surface area contributed by atoms with Crippen molar-refractivity contribution in [3.63, 3.8) is 0 Å². The normalized spacial score (nSPS) is 15.2. The summed E-state index contributed by atoms with van der Waals surface area (Å²) in [6, 6.07) is 7.68. The number of anilines is 1. The number of hydrogen-bond acceptors (Lipinski definition) is 8. The number of likely N-dealkylation sites (N-methyl/N-ethyl adjacent to an activating group) is 1. The van der Waals surface area contributed by atoms with Crippen LogP contribution in [0, 0.1) is 0 Å². The molecule has 0 amide bonds. The Balaban J connectivity index is -0.000000430. The van der Waals surface area contributed by atoms with Gasteiger partial charge in [0.15, 0.2) is 0 Å². The summed E-state index contributed by atoms with van der Waals surface area (Å²) < 4.78 is 1.98. The van der Waals surface area contributed by atoms with E-state index in [4.69, 9.17) is 21.7 Å². The molecule has 8 nitrogen and oxygen atoms in total. The molecule has 4 rings (SSSR count). The van der Waals surface area contributed by atoms with E-state index in [1.807, 2.05) is 18.3 Å². The average molecular weight is 688 g/mol. The number of piperazine rings is 1. The van der Waals surface area contributed by atoms with Crippen LogP contribution in [0.5, 0.6) is 0 Å². The van der Waals surface area contributed by atoms with Crippen molar-refractivity contribution in [3.05, 3.63) is 50.8 Å². The Kier molecular flexibility index (Phi) is 27.9. The van der Waals surface area contributed by atoms with E-state index in [1.54, 1.807) is 12.3 Å². The van der Waals surface area contributed by atoms with Gasteiger partial charge < -0.3 is 26.3 Å². The number of carbonyl (C=O) groups is 1. The molecule has 35 heavy (non-hydrogen) atoms. The van der Waals surface area contributed by atoms with E-state index < -0.39 is 0 Å². The Morgan fingerprint density at radius 3 is 1.71 bits per heavy atom. The van der Waals surface area contributed by atoms with Crippen molar-refractivity contribution >= 4 is 55.8 Å². The summed E-state index contributed by atoms with van der Waals surface area (Å²) in [6.07, 6.45) is 7.79. The van der Waals surface area contributed by atoms with E-state index in [1.165, 1.54) is 32.4 Å². The maximum atomic E-state index is 8.64. The third-order valence-corrected chi connectivity index (χ3v) is 6.01. The van der Waals surface area contributed by atoms with Gasteiger partial charge in [-0.1, -0.05) is 18.0 Å². The van der Waals surface area contributed by atoms with Crippen molar-refractivity contribution in [2.24, 2.45) is 0 Å². The Morgan fingerprint density at radius 1 is 0.886 bits per heavy atom. The van der Waals surface area contributed by atoms with Crippen LogP contribution in [0.3, 0.4) is 0 Å². The molecule has 4 heterocycles. The molecule has 0 unspecified atom stereocenters. The van der Waals surface area contributed by atoms with Gasteiger partial charge in [0.05, 0.1) is 0 Å². The number of piperidine rings is 1. The first-order valence-electron chi connectivity index (χ1n) is 10.6. The third-order valence-electron chi connectivity index (χ3n) is 4.85. The molecule has 2 fully saturated rings. The molecule has 2 aromatic heterocycles. The molecule has 2 aliphatic rings. The first kappa shape index (κ1) is 39.1. The monoisotopic (exact) mass is 685 g/mol. The van der Waals surface area contributed by atoms with E-state index in [0.717, 1.165) is 40.9 Å². The number of hydrogen-bond donors (Lipinski definition) is 0. The van der Waals surface area contributed by atoms with Crippen LogP contribution in [0.2, 0.25) is 5.15 Å². The van der Waals surface area contributed by atoms with E-state index in [2.05, 4.69) is 81.6 Å². The number of pyridine rings is 2. The standard InChI is InChI=1S/C10H14BrN3.C6H13N.C5H3BrClN.CH2O3.2K.H/c1-13-4-6-14(7-5-13)10-3-2-9(11)8-12-10;1-7-5-3-2-4-6-7;6-4-1-2-5(7)8-3-4;2-1-4-3;;;/h2-3,8H,4-7H2,1H3;2-6H2,1H3;1-3H;1,3H;;;/q;;;;2*+1;-1/p-1. The molecule has 2 saturated heterocycles. The summed E-state index contributed by atoms with van der Waals surface area (Å²) in [5.41, 5.74) is 0. The summed E-state index contributed by atoms with van der Waals surface area (Å²) >= 11 is 12.1. The summed E-state index contributed by atoms with van der Waals surface area (Å²) in [4.78, 5) is 26.5. The van der Waals surface area contributed by atoms with Crippen LogP contribution >= 0.6 is 43.5 Å². The molecule has 0 atom stereocenters. The zero-order valence-electron chi connectivity index (χ0n) is 22.0. The quantitative estimate of drug-likeness (QED) is 0.115. The van der Waals surface area contributed by atoms with Crippen molar-refractivity contribution in [2.45, 2.75) is 19.3 Å². The van der Waals surface area contributed by atoms with Crippen molar-refractivity contribution in [1.82, 2.24) is 19.8 Å². The maximum absolute atomic E-state index is 8.64. The zero-order valence-corrected chi connectivity index (χ0v) is 31.2. The summed E-state index contributed by atoms with van der Waals surface area (Å²) in [5, 5.41) is 8.95. The van der Waals surface area contributed by atoms with Crippen molar-refractivity contribution in [3.8, 4) is 0 Å². The molecule has 0 saturated carbocycles. The Bertz CT molecular complexity index is 754. The predicted octanol–water partition coefficient (Wildman–Crippen LogP) is -2.25. The minimum atomic E-state index is -0.181. The van der Waals surface area contributed by atoms with E-state index >= 15 is 0 Å². The fourth-order valence-electron chi connectivity index (χ4n) is 3.00. The SMILES string of the molecule is CN1CCCCC1.CN1CCN(c2ccc(Br)cn2)CC1.Clc1ccc(Br)cn1.O=CO[O-].[H-].[K+].[K+]. The molecule has 13 heteroatoms.